The number of esters is 1. The van der Waals surface area contributed by atoms with Gasteiger partial charge >= 0.3 is 5.97 Å². The van der Waals surface area contributed by atoms with Crippen LogP contribution in [0.1, 0.15) is 43.9 Å². The van der Waals surface area contributed by atoms with Gasteiger partial charge in [-0.15, -0.1) is 11.3 Å². The van der Waals surface area contributed by atoms with Gasteiger partial charge in [-0.3, -0.25) is 4.79 Å². The SMILES string of the molecule is CCOC(=O)c1c(C)[nH]c(C(=O)/C=C/c2cccs2)c1C. The van der Waals surface area contributed by atoms with Crippen LogP contribution in [0, 0.1) is 13.8 Å². The highest BCUT2D eigenvalue weighted by atomic mass is 32.1. The standard InChI is InChI=1S/C16H17NO3S/c1-4-20-16(19)14-10(2)15(17-11(14)3)13(18)8-7-12-6-5-9-21-12/h5-9,17H,4H2,1-3H3/b8-7+. The zero-order valence-corrected chi connectivity index (χ0v) is 13.0. The molecule has 0 unspecified atom stereocenters. The number of carbonyl (C=O) groups excluding carboxylic acids is 2. The predicted molar refractivity (Wildman–Crippen MR) is 83.9 cm³/mol. The third-order valence-electron chi connectivity index (χ3n) is 3.11. The van der Waals surface area contributed by atoms with Crippen molar-refractivity contribution >= 4 is 29.2 Å². The Morgan fingerprint density at radius 2 is 2.14 bits per heavy atom. The Kier molecular flexibility index (Phi) is 4.75. The molecule has 0 spiro atoms. The monoisotopic (exact) mass is 303 g/mol. The van der Waals surface area contributed by atoms with E-state index in [1.54, 1.807) is 38.2 Å². The van der Waals surface area contributed by atoms with Gasteiger partial charge in [0.2, 0.25) is 5.78 Å². The number of hydrogen-bond donors (Lipinski definition) is 1. The summed E-state index contributed by atoms with van der Waals surface area (Å²) in [6, 6.07) is 3.86. The fourth-order valence-electron chi connectivity index (χ4n) is 2.13. The molecule has 0 radical (unpaired) electrons. The minimum atomic E-state index is -0.398. The molecule has 110 valence electrons. The third kappa shape index (κ3) is 3.31. The second-order valence-corrected chi connectivity index (χ2v) is 5.54. The topological polar surface area (TPSA) is 59.2 Å². The van der Waals surface area contributed by atoms with Crippen molar-refractivity contribution in [3.63, 3.8) is 0 Å². The maximum absolute atomic E-state index is 12.2. The first-order valence-corrected chi connectivity index (χ1v) is 7.54. The first-order chi connectivity index (χ1) is 10.0. The summed E-state index contributed by atoms with van der Waals surface area (Å²) in [7, 11) is 0. The van der Waals surface area contributed by atoms with E-state index in [0.29, 0.717) is 29.1 Å². The molecule has 0 aromatic carbocycles. The van der Waals surface area contributed by atoms with Crippen molar-refractivity contribution < 1.29 is 14.3 Å². The number of allylic oxidation sites excluding steroid dienone is 1. The van der Waals surface area contributed by atoms with Gasteiger partial charge in [-0.2, -0.15) is 0 Å². The maximum atomic E-state index is 12.2. The van der Waals surface area contributed by atoms with Crippen molar-refractivity contribution in [1.29, 1.82) is 0 Å². The average molecular weight is 303 g/mol. The molecule has 0 bridgehead atoms. The van der Waals surface area contributed by atoms with Crippen LogP contribution in [0.15, 0.2) is 23.6 Å². The van der Waals surface area contributed by atoms with Crippen LogP contribution < -0.4 is 0 Å². The van der Waals surface area contributed by atoms with Gasteiger partial charge in [0, 0.05) is 10.6 Å². The smallest absolute Gasteiger partial charge is 0.340 e. The summed E-state index contributed by atoms with van der Waals surface area (Å²) < 4.78 is 5.01. The summed E-state index contributed by atoms with van der Waals surface area (Å²) >= 11 is 1.56. The average Bonchev–Trinajstić information content (AvgIpc) is 3.04. The molecular formula is C16H17NO3S. The first kappa shape index (κ1) is 15.3. The number of aromatic nitrogens is 1. The summed E-state index contributed by atoms with van der Waals surface area (Å²) in [4.78, 5) is 28.1. The summed E-state index contributed by atoms with van der Waals surface area (Å²) in [5.74, 6) is -0.551. The number of hydrogen-bond acceptors (Lipinski definition) is 4. The van der Waals surface area contributed by atoms with E-state index in [2.05, 4.69) is 4.98 Å². The van der Waals surface area contributed by atoms with E-state index >= 15 is 0 Å². The molecule has 2 heterocycles. The molecule has 5 heteroatoms. The highest BCUT2D eigenvalue weighted by Crippen LogP contribution is 2.20. The lowest BCUT2D eigenvalue weighted by atomic mass is 10.1. The molecule has 0 atom stereocenters. The summed E-state index contributed by atoms with van der Waals surface area (Å²) in [5, 5.41) is 1.95. The van der Waals surface area contributed by atoms with Crippen LogP contribution in [0.4, 0.5) is 0 Å². The molecule has 0 amide bonds. The van der Waals surface area contributed by atoms with E-state index in [-0.39, 0.29) is 5.78 Å². The lowest BCUT2D eigenvalue weighted by Gasteiger charge is -2.01. The lowest BCUT2D eigenvalue weighted by molar-refractivity contribution is 0.0525. The van der Waals surface area contributed by atoms with E-state index in [1.807, 2.05) is 17.5 Å². The Bertz CT molecular complexity index is 681. The van der Waals surface area contributed by atoms with Gasteiger partial charge in [0.05, 0.1) is 17.9 Å². The molecule has 0 fully saturated rings. The summed E-state index contributed by atoms with van der Waals surface area (Å²) in [6.07, 6.45) is 3.28. The molecule has 1 N–H and O–H groups in total. The van der Waals surface area contributed by atoms with Crippen LogP contribution in [-0.4, -0.2) is 23.3 Å². The number of aryl methyl sites for hydroxylation is 1. The highest BCUT2D eigenvalue weighted by Gasteiger charge is 2.21. The molecule has 2 aromatic heterocycles. The summed E-state index contributed by atoms with van der Waals surface area (Å²) in [6.45, 7) is 5.58. The molecule has 0 aliphatic rings. The predicted octanol–water partition coefficient (Wildman–Crippen LogP) is 3.77. The normalized spacial score (nSPS) is 11.0. The number of carbonyl (C=O) groups is 2. The first-order valence-electron chi connectivity index (χ1n) is 6.66. The number of nitrogens with one attached hydrogen (secondary N) is 1. The van der Waals surface area contributed by atoms with Gasteiger partial charge in [-0.05, 0) is 49.9 Å². The van der Waals surface area contributed by atoms with Crippen LogP contribution in [0.5, 0.6) is 0 Å². The Hall–Kier alpha value is -2.14. The molecule has 0 saturated carbocycles. The fraction of sp³-hybridized carbons (Fsp3) is 0.250. The van der Waals surface area contributed by atoms with Gasteiger partial charge in [0.25, 0.3) is 0 Å². The van der Waals surface area contributed by atoms with Crippen molar-refractivity contribution in [3.05, 3.63) is 51.0 Å². The van der Waals surface area contributed by atoms with Crippen LogP contribution in [0.25, 0.3) is 6.08 Å². The second kappa shape index (κ2) is 6.54. The number of ketones is 1. The Balaban J connectivity index is 2.26. The van der Waals surface area contributed by atoms with E-state index < -0.39 is 5.97 Å². The largest absolute Gasteiger partial charge is 0.462 e. The van der Waals surface area contributed by atoms with Gasteiger partial charge in [0.1, 0.15) is 0 Å². The number of H-pyrrole nitrogens is 1. The van der Waals surface area contributed by atoms with Crippen LogP contribution in [0.2, 0.25) is 0 Å². The van der Waals surface area contributed by atoms with Crippen molar-refractivity contribution in [3.8, 4) is 0 Å². The molecule has 21 heavy (non-hydrogen) atoms. The van der Waals surface area contributed by atoms with Crippen LogP contribution >= 0.6 is 11.3 Å². The minimum Gasteiger partial charge on any atom is -0.462 e. The van der Waals surface area contributed by atoms with Gasteiger partial charge < -0.3 is 9.72 Å². The molecule has 0 saturated heterocycles. The van der Waals surface area contributed by atoms with Gasteiger partial charge in [-0.1, -0.05) is 6.07 Å². The lowest BCUT2D eigenvalue weighted by Crippen LogP contribution is -2.07. The third-order valence-corrected chi connectivity index (χ3v) is 3.94. The quantitative estimate of drug-likeness (QED) is 0.519. The highest BCUT2D eigenvalue weighted by molar-refractivity contribution is 7.10. The number of ether oxygens (including phenoxy) is 1. The summed E-state index contributed by atoms with van der Waals surface area (Å²) in [5.41, 5.74) is 2.17. The Morgan fingerprint density at radius 1 is 1.38 bits per heavy atom. The molecule has 0 aliphatic heterocycles. The van der Waals surface area contributed by atoms with Crippen molar-refractivity contribution in [2.24, 2.45) is 0 Å². The number of aromatic amines is 1. The van der Waals surface area contributed by atoms with Gasteiger partial charge in [-0.25, -0.2) is 4.79 Å². The number of rotatable bonds is 5. The van der Waals surface area contributed by atoms with Crippen molar-refractivity contribution in [2.75, 3.05) is 6.61 Å². The fourth-order valence-corrected chi connectivity index (χ4v) is 2.75. The maximum Gasteiger partial charge on any atom is 0.340 e. The molecular weight excluding hydrogens is 286 g/mol. The van der Waals surface area contributed by atoms with E-state index in [9.17, 15) is 9.59 Å². The zero-order valence-electron chi connectivity index (χ0n) is 12.2. The molecule has 0 aliphatic carbocycles. The van der Waals surface area contributed by atoms with E-state index in [0.717, 1.165) is 4.88 Å². The molecule has 2 aromatic rings. The van der Waals surface area contributed by atoms with Crippen LogP contribution in [-0.2, 0) is 4.74 Å². The number of thiophene rings is 1. The van der Waals surface area contributed by atoms with E-state index in [4.69, 9.17) is 4.74 Å². The molecule has 2 rings (SSSR count). The Morgan fingerprint density at radius 3 is 2.76 bits per heavy atom. The zero-order chi connectivity index (χ0) is 15.4. The van der Waals surface area contributed by atoms with Crippen molar-refractivity contribution in [2.45, 2.75) is 20.8 Å². The second-order valence-electron chi connectivity index (χ2n) is 4.56. The minimum absolute atomic E-state index is 0.153. The molecule has 4 nitrogen and oxygen atoms in total. The Labute approximate surface area is 127 Å². The van der Waals surface area contributed by atoms with Gasteiger partial charge in [0.15, 0.2) is 0 Å². The van der Waals surface area contributed by atoms with Crippen molar-refractivity contribution in [1.82, 2.24) is 4.98 Å². The van der Waals surface area contributed by atoms with E-state index in [1.165, 1.54) is 6.08 Å². The van der Waals surface area contributed by atoms with Crippen LogP contribution in [0.3, 0.4) is 0 Å².